The van der Waals surface area contributed by atoms with Crippen LogP contribution < -0.4 is 10.1 Å². The van der Waals surface area contributed by atoms with Crippen molar-refractivity contribution < 1.29 is 24.2 Å². The Morgan fingerprint density at radius 2 is 2.05 bits per heavy atom. The summed E-state index contributed by atoms with van der Waals surface area (Å²) in [7, 11) is 0. The first-order valence-corrected chi connectivity index (χ1v) is 7.31. The second-order valence-electron chi connectivity index (χ2n) is 6.03. The van der Waals surface area contributed by atoms with Gasteiger partial charge in [-0.3, -0.25) is 4.79 Å². The number of benzene rings is 1. The SMILES string of the molecule is Cc1cc2c(cc1C)OC(C(=O)NC1(C(=O)O)CCOC1)C2. The number of fused-ring (bicyclic) bond motifs is 1. The summed E-state index contributed by atoms with van der Waals surface area (Å²) in [5, 5.41) is 12.0. The second kappa shape index (κ2) is 5.28. The minimum absolute atomic E-state index is 0.00798. The third-order valence-electron chi connectivity index (χ3n) is 4.44. The maximum absolute atomic E-state index is 12.4. The third kappa shape index (κ3) is 2.43. The van der Waals surface area contributed by atoms with E-state index in [4.69, 9.17) is 9.47 Å². The van der Waals surface area contributed by atoms with Gasteiger partial charge in [-0.15, -0.1) is 0 Å². The first kappa shape index (κ1) is 14.8. The molecule has 0 aromatic heterocycles. The summed E-state index contributed by atoms with van der Waals surface area (Å²) in [6.45, 7) is 4.32. The van der Waals surface area contributed by atoms with E-state index in [1.165, 1.54) is 0 Å². The van der Waals surface area contributed by atoms with Crippen LogP contribution in [0.2, 0.25) is 0 Å². The molecule has 1 saturated heterocycles. The predicted molar refractivity (Wildman–Crippen MR) is 78.0 cm³/mol. The topological polar surface area (TPSA) is 84.9 Å². The summed E-state index contributed by atoms with van der Waals surface area (Å²) in [4.78, 5) is 23.8. The standard InChI is InChI=1S/C16H19NO5/c1-9-5-11-7-13(22-12(11)6-10(9)2)14(18)17-16(15(19)20)3-4-21-8-16/h5-6,13H,3-4,7-8H2,1-2H3,(H,17,18)(H,19,20). The van der Waals surface area contributed by atoms with Crippen LogP contribution in [0.5, 0.6) is 5.75 Å². The maximum atomic E-state index is 12.4. The van der Waals surface area contributed by atoms with E-state index in [0.717, 1.165) is 16.7 Å². The van der Waals surface area contributed by atoms with Gasteiger partial charge in [0.1, 0.15) is 5.75 Å². The predicted octanol–water partition coefficient (Wildman–Crippen LogP) is 0.967. The monoisotopic (exact) mass is 305 g/mol. The molecule has 1 aromatic carbocycles. The summed E-state index contributed by atoms with van der Waals surface area (Å²) in [5.41, 5.74) is 1.90. The van der Waals surface area contributed by atoms with Crippen molar-refractivity contribution in [2.45, 2.75) is 38.3 Å². The summed E-state index contributed by atoms with van der Waals surface area (Å²) in [6.07, 6.45) is 0.0400. The number of hydrogen-bond acceptors (Lipinski definition) is 4. The molecule has 1 aromatic rings. The Morgan fingerprint density at radius 3 is 2.68 bits per heavy atom. The van der Waals surface area contributed by atoms with Crippen LogP contribution >= 0.6 is 0 Å². The second-order valence-corrected chi connectivity index (χ2v) is 6.03. The Bertz CT molecular complexity index is 603. The van der Waals surface area contributed by atoms with Crippen LogP contribution in [0, 0.1) is 13.8 Å². The quantitative estimate of drug-likeness (QED) is 0.869. The average molecular weight is 305 g/mol. The number of carbonyl (C=O) groups excluding carboxylic acids is 1. The van der Waals surface area contributed by atoms with Crippen LogP contribution in [-0.2, 0) is 20.7 Å². The van der Waals surface area contributed by atoms with E-state index in [1.54, 1.807) is 0 Å². The molecule has 118 valence electrons. The molecule has 1 fully saturated rings. The summed E-state index contributed by atoms with van der Waals surface area (Å²) in [5.74, 6) is -0.768. The number of aryl methyl sites for hydroxylation is 2. The van der Waals surface area contributed by atoms with Gasteiger partial charge in [-0.2, -0.15) is 0 Å². The lowest BCUT2D eigenvalue weighted by Gasteiger charge is -2.25. The summed E-state index contributed by atoms with van der Waals surface area (Å²) < 4.78 is 10.8. The van der Waals surface area contributed by atoms with Gasteiger partial charge in [0, 0.05) is 19.4 Å². The van der Waals surface area contributed by atoms with Gasteiger partial charge in [-0.1, -0.05) is 6.07 Å². The van der Waals surface area contributed by atoms with Gasteiger partial charge in [-0.05, 0) is 36.6 Å². The van der Waals surface area contributed by atoms with Crippen molar-refractivity contribution >= 4 is 11.9 Å². The molecule has 2 atom stereocenters. The van der Waals surface area contributed by atoms with E-state index in [-0.39, 0.29) is 13.0 Å². The minimum Gasteiger partial charge on any atom is -0.480 e. The fraction of sp³-hybridized carbons (Fsp3) is 0.500. The normalized spacial score (nSPS) is 26.4. The molecular formula is C16H19NO5. The number of ether oxygens (including phenoxy) is 2. The Labute approximate surface area is 128 Å². The van der Waals surface area contributed by atoms with Gasteiger partial charge in [0.15, 0.2) is 11.6 Å². The number of carboxylic acids is 1. The van der Waals surface area contributed by atoms with E-state index < -0.39 is 23.5 Å². The Morgan fingerprint density at radius 1 is 1.32 bits per heavy atom. The van der Waals surface area contributed by atoms with Crippen LogP contribution in [0.1, 0.15) is 23.1 Å². The fourth-order valence-electron chi connectivity index (χ4n) is 2.86. The number of aliphatic carboxylic acids is 1. The highest BCUT2D eigenvalue weighted by Crippen LogP contribution is 2.32. The number of nitrogens with one attached hydrogen (secondary N) is 1. The number of rotatable bonds is 3. The molecule has 2 aliphatic heterocycles. The van der Waals surface area contributed by atoms with Gasteiger partial charge >= 0.3 is 5.97 Å². The molecule has 2 N–H and O–H groups in total. The maximum Gasteiger partial charge on any atom is 0.331 e. The molecule has 22 heavy (non-hydrogen) atoms. The molecule has 0 bridgehead atoms. The van der Waals surface area contributed by atoms with E-state index >= 15 is 0 Å². The van der Waals surface area contributed by atoms with Crippen molar-refractivity contribution in [3.63, 3.8) is 0 Å². The zero-order valence-electron chi connectivity index (χ0n) is 12.6. The zero-order valence-corrected chi connectivity index (χ0v) is 12.6. The van der Waals surface area contributed by atoms with Crippen molar-refractivity contribution in [2.75, 3.05) is 13.2 Å². The molecule has 2 unspecified atom stereocenters. The highest BCUT2D eigenvalue weighted by Gasteiger charge is 2.45. The Hall–Kier alpha value is -2.08. The Kier molecular flexibility index (Phi) is 3.56. The highest BCUT2D eigenvalue weighted by atomic mass is 16.5. The van der Waals surface area contributed by atoms with Crippen molar-refractivity contribution in [3.8, 4) is 5.75 Å². The van der Waals surface area contributed by atoms with Crippen molar-refractivity contribution in [1.82, 2.24) is 5.32 Å². The number of amides is 1. The van der Waals surface area contributed by atoms with E-state index in [1.807, 2.05) is 26.0 Å². The molecule has 0 saturated carbocycles. The smallest absolute Gasteiger partial charge is 0.331 e. The van der Waals surface area contributed by atoms with Crippen molar-refractivity contribution in [1.29, 1.82) is 0 Å². The Balaban J connectivity index is 1.74. The number of carboxylic acid groups (broad SMARTS) is 1. The van der Waals surface area contributed by atoms with Crippen LogP contribution in [0.15, 0.2) is 12.1 Å². The molecule has 0 spiro atoms. The van der Waals surface area contributed by atoms with Crippen LogP contribution in [0.4, 0.5) is 0 Å². The molecule has 2 aliphatic rings. The highest BCUT2D eigenvalue weighted by molar-refractivity contribution is 5.90. The van der Waals surface area contributed by atoms with Crippen molar-refractivity contribution in [2.24, 2.45) is 0 Å². The average Bonchev–Trinajstić information content (AvgIpc) is 3.07. The number of hydrogen-bond donors (Lipinski definition) is 2. The summed E-state index contributed by atoms with van der Waals surface area (Å²) in [6, 6.07) is 3.94. The van der Waals surface area contributed by atoms with Gasteiger partial charge in [0.25, 0.3) is 5.91 Å². The van der Waals surface area contributed by atoms with E-state index in [0.29, 0.717) is 18.8 Å². The minimum atomic E-state index is -1.33. The van der Waals surface area contributed by atoms with E-state index in [9.17, 15) is 14.7 Å². The zero-order chi connectivity index (χ0) is 15.9. The van der Waals surface area contributed by atoms with E-state index in [2.05, 4.69) is 5.32 Å². The first-order chi connectivity index (χ1) is 10.4. The molecule has 0 aliphatic carbocycles. The van der Waals surface area contributed by atoms with Crippen molar-refractivity contribution in [3.05, 3.63) is 28.8 Å². The number of carbonyl (C=O) groups is 2. The van der Waals surface area contributed by atoms with Gasteiger partial charge < -0.3 is 19.9 Å². The molecule has 3 rings (SSSR count). The lowest BCUT2D eigenvalue weighted by atomic mass is 9.98. The molecular weight excluding hydrogens is 286 g/mol. The van der Waals surface area contributed by atoms with Gasteiger partial charge in [0.2, 0.25) is 0 Å². The molecule has 0 radical (unpaired) electrons. The van der Waals surface area contributed by atoms with Crippen LogP contribution in [-0.4, -0.2) is 41.8 Å². The molecule has 2 heterocycles. The summed E-state index contributed by atoms with van der Waals surface area (Å²) >= 11 is 0. The first-order valence-electron chi connectivity index (χ1n) is 7.31. The lowest BCUT2D eigenvalue weighted by molar-refractivity contribution is -0.148. The van der Waals surface area contributed by atoms with Crippen LogP contribution in [0.3, 0.4) is 0 Å². The lowest BCUT2D eigenvalue weighted by Crippen LogP contribution is -2.58. The molecule has 1 amide bonds. The van der Waals surface area contributed by atoms with Gasteiger partial charge in [-0.25, -0.2) is 4.79 Å². The molecule has 6 nitrogen and oxygen atoms in total. The molecule has 6 heteroatoms. The third-order valence-corrected chi connectivity index (χ3v) is 4.44. The van der Waals surface area contributed by atoms with Gasteiger partial charge in [0.05, 0.1) is 6.61 Å². The largest absolute Gasteiger partial charge is 0.480 e. The van der Waals surface area contributed by atoms with Crippen LogP contribution in [0.25, 0.3) is 0 Å². The fourth-order valence-corrected chi connectivity index (χ4v) is 2.86.